The van der Waals surface area contributed by atoms with Crippen LogP contribution in [0.2, 0.25) is 0 Å². The van der Waals surface area contributed by atoms with Gasteiger partial charge in [-0.05, 0) is 73.2 Å². The van der Waals surface area contributed by atoms with Gasteiger partial charge in [-0.2, -0.15) is 0 Å². The summed E-state index contributed by atoms with van der Waals surface area (Å²) in [6.07, 6.45) is 4.81. The molecule has 0 spiro atoms. The van der Waals surface area contributed by atoms with Crippen LogP contribution >= 0.6 is 0 Å². The van der Waals surface area contributed by atoms with Crippen molar-refractivity contribution in [2.75, 3.05) is 27.2 Å². The smallest absolute Gasteiger partial charge is 0.124 e. The Morgan fingerprint density at radius 1 is 0.972 bits per heavy atom. The maximum absolute atomic E-state index is 12.4. The van der Waals surface area contributed by atoms with Crippen molar-refractivity contribution in [3.63, 3.8) is 0 Å². The van der Waals surface area contributed by atoms with Gasteiger partial charge in [0.1, 0.15) is 11.4 Å². The highest BCUT2D eigenvalue weighted by Gasteiger charge is 2.55. The van der Waals surface area contributed by atoms with E-state index in [9.17, 15) is 10.2 Å². The van der Waals surface area contributed by atoms with Crippen LogP contribution in [0.1, 0.15) is 67.9 Å². The van der Waals surface area contributed by atoms with E-state index >= 15 is 0 Å². The highest BCUT2D eigenvalue weighted by atomic mass is 16.5. The van der Waals surface area contributed by atoms with E-state index in [0.717, 1.165) is 41.1 Å². The largest absolute Gasteiger partial charge is 0.497 e. The first-order chi connectivity index (χ1) is 17.0. The molecule has 0 aliphatic carbocycles. The van der Waals surface area contributed by atoms with Crippen molar-refractivity contribution in [1.82, 2.24) is 9.88 Å². The van der Waals surface area contributed by atoms with Gasteiger partial charge in [-0.15, -0.1) is 0 Å². The first kappa shape index (κ1) is 26.3. The lowest BCUT2D eigenvalue weighted by molar-refractivity contribution is -0.127. The molecule has 192 valence electrons. The molecule has 2 heterocycles. The quantitative estimate of drug-likeness (QED) is 0.431. The van der Waals surface area contributed by atoms with Crippen LogP contribution in [0, 0.1) is 5.41 Å². The summed E-state index contributed by atoms with van der Waals surface area (Å²) in [6, 6.07) is 18.0. The van der Waals surface area contributed by atoms with Gasteiger partial charge in [-0.25, -0.2) is 0 Å². The molecule has 1 aromatic heterocycles. The van der Waals surface area contributed by atoms with Gasteiger partial charge >= 0.3 is 0 Å². The molecule has 1 aliphatic heterocycles. The van der Waals surface area contributed by atoms with Crippen LogP contribution in [0.5, 0.6) is 5.75 Å². The molecule has 36 heavy (non-hydrogen) atoms. The molecule has 1 aliphatic rings. The van der Waals surface area contributed by atoms with Crippen molar-refractivity contribution < 1.29 is 14.9 Å². The van der Waals surface area contributed by atoms with E-state index in [0.29, 0.717) is 18.8 Å². The van der Waals surface area contributed by atoms with Crippen LogP contribution in [0.15, 0.2) is 67.0 Å². The Morgan fingerprint density at radius 3 is 2.14 bits per heavy atom. The number of nitrogens with zero attached hydrogens (tertiary/aromatic N) is 2. The monoisotopic (exact) mass is 488 g/mol. The maximum atomic E-state index is 12.4. The molecule has 3 aromatic rings. The number of likely N-dealkylation sites (tertiary alicyclic amines) is 1. The second-order valence-electron chi connectivity index (χ2n) is 11.3. The molecule has 0 amide bonds. The SMILES string of the molecule is COc1ccc(C(C)(O)CCc2cncc([C@@](O)(c3ccc(C(C)C)cc3)C3(C)CN(C)C3)c2)cc1. The van der Waals surface area contributed by atoms with Gasteiger partial charge in [-0.3, -0.25) is 4.98 Å². The fourth-order valence-electron chi connectivity index (χ4n) is 5.65. The minimum absolute atomic E-state index is 0.337. The number of rotatable bonds is 9. The Bertz CT molecular complexity index is 1170. The second-order valence-corrected chi connectivity index (χ2v) is 11.3. The zero-order chi connectivity index (χ0) is 26.1. The Morgan fingerprint density at radius 2 is 1.58 bits per heavy atom. The molecular formula is C31H40N2O3. The van der Waals surface area contributed by atoms with Gasteiger partial charge in [-0.1, -0.05) is 57.2 Å². The van der Waals surface area contributed by atoms with Crippen LogP contribution in [0.25, 0.3) is 0 Å². The van der Waals surface area contributed by atoms with Crippen molar-refractivity contribution in [2.24, 2.45) is 5.41 Å². The third-order valence-corrected chi connectivity index (χ3v) is 7.93. The lowest BCUT2D eigenvalue weighted by Crippen LogP contribution is -2.63. The lowest BCUT2D eigenvalue weighted by atomic mass is 9.62. The highest BCUT2D eigenvalue weighted by molar-refractivity contribution is 5.42. The summed E-state index contributed by atoms with van der Waals surface area (Å²) in [7, 11) is 3.72. The predicted octanol–water partition coefficient (Wildman–Crippen LogP) is 5.24. The zero-order valence-corrected chi connectivity index (χ0v) is 22.5. The summed E-state index contributed by atoms with van der Waals surface area (Å²) in [6.45, 7) is 9.95. The van der Waals surface area contributed by atoms with Crippen molar-refractivity contribution in [3.05, 3.63) is 94.8 Å². The first-order valence-corrected chi connectivity index (χ1v) is 12.8. The van der Waals surface area contributed by atoms with E-state index in [-0.39, 0.29) is 5.41 Å². The number of methoxy groups -OCH3 is 1. The molecular weight excluding hydrogens is 448 g/mol. The van der Waals surface area contributed by atoms with Crippen LogP contribution < -0.4 is 4.74 Å². The molecule has 0 bridgehead atoms. The van der Waals surface area contributed by atoms with Crippen LogP contribution in [-0.2, 0) is 17.6 Å². The van der Waals surface area contributed by atoms with Gasteiger partial charge in [0.15, 0.2) is 0 Å². The summed E-state index contributed by atoms with van der Waals surface area (Å²) in [5, 5.41) is 23.6. The fraction of sp³-hybridized carbons (Fsp3) is 0.452. The van der Waals surface area contributed by atoms with E-state index in [2.05, 4.69) is 68.0 Å². The summed E-state index contributed by atoms with van der Waals surface area (Å²) in [5.74, 6) is 1.20. The van der Waals surface area contributed by atoms with Gasteiger partial charge in [0.05, 0.1) is 12.7 Å². The van der Waals surface area contributed by atoms with Crippen molar-refractivity contribution in [3.8, 4) is 5.75 Å². The van der Waals surface area contributed by atoms with E-state index in [4.69, 9.17) is 4.74 Å². The molecule has 0 radical (unpaired) electrons. The van der Waals surface area contributed by atoms with Gasteiger partial charge in [0, 0.05) is 36.5 Å². The van der Waals surface area contributed by atoms with Gasteiger partial charge in [0.25, 0.3) is 0 Å². The minimum Gasteiger partial charge on any atom is -0.497 e. The lowest BCUT2D eigenvalue weighted by Gasteiger charge is -2.56. The van der Waals surface area contributed by atoms with Gasteiger partial charge < -0.3 is 19.8 Å². The molecule has 1 fully saturated rings. The fourth-order valence-corrected chi connectivity index (χ4v) is 5.65. The Hall–Kier alpha value is -2.73. The normalized spacial score (nSPS) is 18.8. The summed E-state index contributed by atoms with van der Waals surface area (Å²) >= 11 is 0. The average Bonchev–Trinajstić information content (AvgIpc) is 2.86. The standard InChI is InChI=1S/C31H40N2O3/c1-22(2)24-7-9-26(10-8-24)31(35,29(3)20-33(5)21-29)27-17-23(18-32-19-27)15-16-30(4,34)25-11-13-28(36-6)14-12-25/h7-14,17-19,22,34-35H,15-16,20-21H2,1-6H3/t30?,31-/m0/s1. The average molecular weight is 489 g/mol. The molecule has 0 saturated carbocycles. The Kier molecular flexibility index (Phi) is 7.29. The predicted molar refractivity (Wildman–Crippen MR) is 144 cm³/mol. The molecule has 1 saturated heterocycles. The summed E-state index contributed by atoms with van der Waals surface area (Å²) < 4.78 is 5.24. The third kappa shape index (κ3) is 4.93. The number of aromatic nitrogens is 1. The molecule has 2 aromatic carbocycles. The van der Waals surface area contributed by atoms with Gasteiger partial charge in [0.2, 0.25) is 0 Å². The molecule has 5 nitrogen and oxygen atoms in total. The number of hydrogen-bond donors (Lipinski definition) is 2. The third-order valence-electron chi connectivity index (χ3n) is 7.93. The van der Waals surface area contributed by atoms with E-state index < -0.39 is 11.2 Å². The molecule has 2 atom stereocenters. The first-order valence-electron chi connectivity index (χ1n) is 12.8. The summed E-state index contributed by atoms with van der Waals surface area (Å²) in [4.78, 5) is 6.77. The zero-order valence-electron chi connectivity index (χ0n) is 22.5. The Balaban J connectivity index is 1.63. The molecule has 2 N–H and O–H groups in total. The number of aliphatic hydroxyl groups is 2. The van der Waals surface area contributed by atoms with E-state index in [1.807, 2.05) is 37.4 Å². The Labute approximate surface area is 215 Å². The van der Waals surface area contributed by atoms with Crippen molar-refractivity contribution >= 4 is 0 Å². The van der Waals surface area contributed by atoms with Crippen molar-refractivity contribution in [2.45, 2.75) is 57.7 Å². The second kappa shape index (κ2) is 9.97. The van der Waals surface area contributed by atoms with E-state index in [1.54, 1.807) is 13.3 Å². The minimum atomic E-state index is -1.17. The van der Waals surface area contributed by atoms with Crippen LogP contribution in [0.4, 0.5) is 0 Å². The molecule has 4 rings (SSSR count). The van der Waals surface area contributed by atoms with E-state index in [1.165, 1.54) is 5.56 Å². The highest BCUT2D eigenvalue weighted by Crippen LogP contribution is 2.50. The number of hydrogen-bond acceptors (Lipinski definition) is 5. The number of aryl methyl sites for hydroxylation is 1. The molecule has 5 heteroatoms. The molecule has 1 unspecified atom stereocenters. The number of benzene rings is 2. The number of pyridine rings is 1. The number of ether oxygens (including phenoxy) is 1. The van der Waals surface area contributed by atoms with Crippen LogP contribution in [-0.4, -0.2) is 47.3 Å². The van der Waals surface area contributed by atoms with Crippen LogP contribution in [0.3, 0.4) is 0 Å². The topological polar surface area (TPSA) is 65.8 Å². The maximum Gasteiger partial charge on any atom is 0.124 e. The van der Waals surface area contributed by atoms with Crippen molar-refractivity contribution in [1.29, 1.82) is 0 Å². The summed E-state index contributed by atoms with van der Waals surface area (Å²) in [5.41, 5.74) is 2.29.